The van der Waals surface area contributed by atoms with Crippen molar-refractivity contribution in [3.05, 3.63) is 120 Å². The second-order valence-electron chi connectivity index (χ2n) is 8.96. The van der Waals surface area contributed by atoms with E-state index in [0.717, 1.165) is 11.4 Å². The second-order valence-corrected chi connectivity index (χ2v) is 8.96. The second kappa shape index (κ2) is 8.60. The van der Waals surface area contributed by atoms with Crippen molar-refractivity contribution in [3.63, 3.8) is 0 Å². The Morgan fingerprint density at radius 2 is 1.09 bits per heavy atom. The normalized spacial score (nSPS) is 13.0. The number of hydrogen-bond donors (Lipinski definition) is 1. The van der Waals surface area contributed by atoms with E-state index in [2.05, 4.69) is 115 Å². The molecule has 6 rings (SSSR count). The lowest BCUT2D eigenvalue weighted by atomic mass is 9.86. The van der Waals surface area contributed by atoms with Crippen molar-refractivity contribution in [3.8, 4) is 22.3 Å². The minimum Gasteiger partial charge on any atom is -0.356 e. The van der Waals surface area contributed by atoms with E-state index in [9.17, 15) is 0 Å². The number of benzene rings is 5. The SMILES string of the molecule is c1cc2c(c(-c3ccc(Nc4ccc(-c5cccc6ccccc56)cc4)cc3)c1)CCCC2. The smallest absolute Gasteiger partial charge is 0.0384 e. The first kappa shape index (κ1) is 19.8. The Bertz CT molecular complexity index is 1410. The summed E-state index contributed by atoms with van der Waals surface area (Å²) in [5.74, 6) is 0. The number of hydrogen-bond acceptors (Lipinski definition) is 1. The summed E-state index contributed by atoms with van der Waals surface area (Å²) in [5, 5.41) is 6.13. The summed E-state index contributed by atoms with van der Waals surface area (Å²) < 4.78 is 0. The van der Waals surface area contributed by atoms with Gasteiger partial charge in [-0.3, -0.25) is 0 Å². The molecule has 1 nitrogen and oxygen atoms in total. The van der Waals surface area contributed by atoms with E-state index in [4.69, 9.17) is 0 Å². The lowest BCUT2D eigenvalue weighted by molar-refractivity contribution is 0.687. The molecule has 0 saturated heterocycles. The van der Waals surface area contributed by atoms with Gasteiger partial charge in [0.25, 0.3) is 0 Å². The van der Waals surface area contributed by atoms with Crippen LogP contribution in [0.1, 0.15) is 24.0 Å². The molecule has 1 N–H and O–H groups in total. The molecule has 5 aromatic carbocycles. The van der Waals surface area contributed by atoms with Gasteiger partial charge in [-0.25, -0.2) is 0 Å². The van der Waals surface area contributed by atoms with Crippen LogP contribution < -0.4 is 5.32 Å². The fraction of sp³-hybridized carbons (Fsp3) is 0.125. The topological polar surface area (TPSA) is 12.0 Å². The van der Waals surface area contributed by atoms with Crippen LogP contribution in [0.15, 0.2) is 109 Å². The molecule has 0 unspecified atom stereocenters. The zero-order valence-electron chi connectivity index (χ0n) is 18.7. The molecule has 5 aromatic rings. The fourth-order valence-corrected chi connectivity index (χ4v) is 5.16. The van der Waals surface area contributed by atoms with Crippen LogP contribution in [0.2, 0.25) is 0 Å². The van der Waals surface area contributed by atoms with Gasteiger partial charge in [-0.2, -0.15) is 0 Å². The molecule has 0 bridgehead atoms. The van der Waals surface area contributed by atoms with Crippen molar-refractivity contribution < 1.29 is 0 Å². The van der Waals surface area contributed by atoms with Crippen LogP contribution in [0.3, 0.4) is 0 Å². The van der Waals surface area contributed by atoms with E-state index in [1.807, 2.05) is 0 Å². The molecule has 1 aliphatic rings. The van der Waals surface area contributed by atoms with E-state index in [1.165, 1.54) is 64.3 Å². The number of aryl methyl sites for hydroxylation is 1. The van der Waals surface area contributed by atoms with E-state index < -0.39 is 0 Å². The van der Waals surface area contributed by atoms with Crippen LogP contribution in [0.4, 0.5) is 11.4 Å². The number of anilines is 2. The third-order valence-corrected chi connectivity index (χ3v) is 6.87. The molecule has 0 fully saturated rings. The van der Waals surface area contributed by atoms with E-state index in [1.54, 1.807) is 5.56 Å². The average Bonchev–Trinajstić information content (AvgIpc) is 2.89. The highest BCUT2D eigenvalue weighted by atomic mass is 14.9. The molecule has 0 heterocycles. The Labute approximate surface area is 195 Å². The lowest BCUT2D eigenvalue weighted by Crippen LogP contribution is -2.04. The van der Waals surface area contributed by atoms with Crippen molar-refractivity contribution >= 4 is 22.1 Å². The molecule has 1 aliphatic carbocycles. The standard InChI is InChI=1S/C32H27N/c1-3-11-29-23(7-1)9-5-13-31(29)25-15-19-27(20-16-25)33-28-21-17-26(18-22-28)32-14-6-10-24-8-2-4-12-30(24)32/h1,3,5-7,9-11,13-22,33H,2,4,8,12H2. The molecule has 0 amide bonds. The van der Waals surface area contributed by atoms with Crippen LogP contribution in [0.25, 0.3) is 33.0 Å². The van der Waals surface area contributed by atoms with Crippen molar-refractivity contribution in [1.29, 1.82) is 0 Å². The van der Waals surface area contributed by atoms with Gasteiger partial charge in [-0.15, -0.1) is 0 Å². The van der Waals surface area contributed by atoms with Gasteiger partial charge in [0, 0.05) is 11.4 Å². The zero-order chi connectivity index (χ0) is 22.0. The monoisotopic (exact) mass is 425 g/mol. The molecular formula is C32H27N. The lowest BCUT2D eigenvalue weighted by Gasteiger charge is -2.19. The van der Waals surface area contributed by atoms with Gasteiger partial charge in [0.1, 0.15) is 0 Å². The molecule has 0 radical (unpaired) electrons. The van der Waals surface area contributed by atoms with Crippen molar-refractivity contribution in [2.75, 3.05) is 5.32 Å². The van der Waals surface area contributed by atoms with Gasteiger partial charge >= 0.3 is 0 Å². The first-order chi connectivity index (χ1) is 16.3. The summed E-state index contributed by atoms with van der Waals surface area (Å²) in [4.78, 5) is 0. The van der Waals surface area contributed by atoms with Crippen LogP contribution >= 0.6 is 0 Å². The maximum absolute atomic E-state index is 3.56. The van der Waals surface area contributed by atoms with Gasteiger partial charge in [-0.1, -0.05) is 84.9 Å². The van der Waals surface area contributed by atoms with Gasteiger partial charge in [0.2, 0.25) is 0 Å². The first-order valence-corrected chi connectivity index (χ1v) is 11.9. The summed E-state index contributed by atoms with van der Waals surface area (Å²) in [6.07, 6.45) is 5.04. The summed E-state index contributed by atoms with van der Waals surface area (Å²) in [5.41, 5.74) is 10.5. The van der Waals surface area contributed by atoms with Gasteiger partial charge in [0.05, 0.1) is 0 Å². The first-order valence-electron chi connectivity index (χ1n) is 11.9. The van der Waals surface area contributed by atoms with Gasteiger partial charge in [0.15, 0.2) is 0 Å². The van der Waals surface area contributed by atoms with Crippen LogP contribution in [0.5, 0.6) is 0 Å². The van der Waals surface area contributed by atoms with Crippen molar-refractivity contribution in [2.24, 2.45) is 0 Å². The van der Waals surface area contributed by atoms with Gasteiger partial charge in [-0.05, 0) is 94.1 Å². The predicted octanol–water partition coefficient (Wildman–Crippen LogP) is 8.80. The Morgan fingerprint density at radius 1 is 0.485 bits per heavy atom. The third-order valence-electron chi connectivity index (χ3n) is 6.87. The molecule has 0 saturated carbocycles. The largest absolute Gasteiger partial charge is 0.356 e. The molecule has 0 aliphatic heterocycles. The van der Waals surface area contributed by atoms with E-state index >= 15 is 0 Å². The van der Waals surface area contributed by atoms with Crippen LogP contribution in [-0.2, 0) is 12.8 Å². The summed E-state index contributed by atoms with van der Waals surface area (Å²) >= 11 is 0. The molecule has 160 valence electrons. The van der Waals surface area contributed by atoms with Crippen molar-refractivity contribution in [1.82, 2.24) is 0 Å². The van der Waals surface area contributed by atoms with Crippen LogP contribution in [-0.4, -0.2) is 0 Å². The maximum Gasteiger partial charge on any atom is 0.0384 e. The highest BCUT2D eigenvalue weighted by Crippen LogP contribution is 2.33. The van der Waals surface area contributed by atoms with E-state index in [0.29, 0.717) is 0 Å². The van der Waals surface area contributed by atoms with Gasteiger partial charge < -0.3 is 5.32 Å². The number of nitrogens with one attached hydrogen (secondary N) is 1. The maximum atomic E-state index is 3.56. The zero-order valence-corrected chi connectivity index (χ0v) is 18.7. The van der Waals surface area contributed by atoms with Crippen molar-refractivity contribution in [2.45, 2.75) is 25.7 Å². The average molecular weight is 426 g/mol. The highest BCUT2D eigenvalue weighted by Gasteiger charge is 2.13. The Balaban J connectivity index is 1.22. The minimum absolute atomic E-state index is 1.10. The Morgan fingerprint density at radius 3 is 1.88 bits per heavy atom. The molecule has 33 heavy (non-hydrogen) atoms. The third kappa shape index (κ3) is 3.91. The summed E-state index contributed by atoms with van der Waals surface area (Å²) in [6.45, 7) is 0. The quantitative estimate of drug-likeness (QED) is 0.303. The molecule has 0 atom stereocenters. The number of fused-ring (bicyclic) bond motifs is 2. The molecular weight excluding hydrogens is 398 g/mol. The summed E-state index contributed by atoms with van der Waals surface area (Å²) in [6, 6.07) is 39.5. The molecule has 0 aromatic heterocycles. The van der Waals surface area contributed by atoms with Crippen LogP contribution in [0, 0.1) is 0 Å². The Kier molecular flexibility index (Phi) is 5.16. The minimum atomic E-state index is 1.10. The summed E-state index contributed by atoms with van der Waals surface area (Å²) in [7, 11) is 0. The highest BCUT2D eigenvalue weighted by molar-refractivity contribution is 5.96. The van der Waals surface area contributed by atoms with E-state index in [-0.39, 0.29) is 0 Å². The predicted molar refractivity (Wildman–Crippen MR) is 141 cm³/mol. The molecule has 0 spiro atoms. The Hall–Kier alpha value is -3.84. The number of rotatable bonds is 4. The molecule has 1 heteroatoms. The fourth-order valence-electron chi connectivity index (χ4n) is 5.16.